The van der Waals surface area contributed by atoms with Gasteiger partial charge in [-0.25, -0.2) is 0 Å². The van der Waals surface area contributed by atoms with Crippen LogP contribution in [0.25, 0.3) is 0 Å². The van der Waals surface area contributed by atoms with E-state index in [0.29, 0.717) is 5.11 Å². The van der Waals surface area contributed by atoms with Crippen molar-refractivity contribution in [1.29, 1.82) is 0 Å². The molecule has 0 unspecified atom stereocenters. The summed E-state index contributed by atoms with van der Waals surface area (Å²) < 4.78 is 28.8. The SMILES string of the molecule is CCCCc1ccc(NC(=S)Nc2ccc(OC(F)F)cc2C)cc1. The number of unbranched alkanes of at least 4 members (excludes halogenated alkanes) is 1. The molecule has 0 spiro atoms. The predicted octanol–water partition coefficient (Wildman–Crippen LogP) is 5.75. The van der Waals surface area contributed by atoms with E-state index in [0.717, 1.165) is 23.4 Å². The second-order valence-electron chi connectivity index (χ2n) is 5.73. The van der Waals surface area contributed by atoms with Gasteiger partial charge in [-0.2, -0.15) is 8.78 Å². The first kappa shape index (κ1) is 19.1. The van der Waals surface area contributed by atoms with Gasteiger partial charge < -0.3 is 15.4 Å². The summed E-state index contributed by atoms with van der Waals surface area (Å²) in [6.07, 6.45) is 3.43. The summed E-state index contributed by atoms with van der Waals surface area (Å²) in [4.78, 5) is 0. The Bertz CT molecular complexity index is 705. The van der Waals surface area contributed by atoms with Crippen molar-refractivity contribution in [3.63, 3.8) is 0 Å². The molecular weight excluding hydrogens is 342 g/mol. The summed E-state index contributed by atoms with van der Waals surface area (Å²) in [7, 11) is 0. The zero-order chi connectivity index (χ0) is 18.2. The van der Waals surface area contributed by atoms with Crippen LogP contribution in [0.2, 0.25) is 0 Å². The largest absolute Gasteiger partial charge is 0.435 e. The van der Waals surface area contributed by atoms with Crippen molar-refractivity contribution in [2.75, 3.05) is 10.6 Å². The van der Waals surface area contributed by atoms with Crippen LogP contribution in [0.15, 0.2) is 42.5 Å². The molecule has 0 saturated carbocycles. The van der Waals surface area contributed by atoms with E-state index in [4.69, 9.17) is 12.2 Å². The maximum atomic E-state index is 12.2. The Morgan fingerprint density at radius 1 is 1.12 bits per heavy atom. The number of anilines is 2. The van der Waals surface area contributed by atoms with Gasteiger partial charge in [0.25, 0.3) is 0 Å². The highest BCUT2D eigenvalue weighted by Crippen LogP contribution is 2.23. The van der Waals surface area contributed by atoms with Crippen molar-refractivity contribution in [1.82, 2.24) is 0 Å². The lowest BCUT2D eigenvalue weighted by atomic mass is 10.1. The van der Waals surface area contributed by atoms with E-state index in [1.54, 1.807) is 19.1 Å². The molecule has 2 aromatic rings. The van der Waals surface area contributed by atoms with Gasteiger partial charge in [0.05, 0.1) is 0 Å². The molecule has 0 amide bonds. The molecule has 0 aliphatic carbocycles. The normalized spacial score (nSPS) is 10.6. The molecule has 3 nitrogen and oxygen atoms in total. The minimum absolute atomic E-state index is 0.125. The average Bonchev–Trinajstić information content (AvgIpc) is 2.56. The van der Waals surface area contributed by atoms with Gasteiger partial charge in [-0.15, -0.1) is 0 Å². The number of rotatable bonds is 7. The van der Waals surface area contributed by atoms with Gasteiger partial charge in [-0.1, -0.05) is 25.5 Å². The Morgan fingerprint density at radius 3 is 2.44 bits per heavy atom. The van der Waals surface area contributed by atoms with Gasteiger partial charge in [0.1, 0.15) is 5.75 Å². The molecule has 25 heavy (non-hydrogen) atoms. The van der Waals surface area contributed by atoms with Gasteiger partial charge in [-0.05, 0) is 73.4 Å². The summed E-state index contributed by atoms with van der Waals surface area (Å²) in [5, 5.41) is 6.62. The van der Waals surface area contributed by atoms with Crippen LogP contribution in [0.3, 0.4) is 0 Å². The third kappa shape index (κ3) is 6.31. The Kier molecular flexibility index (Phi) is 7.13. The summed E-state index contributed by atoms with van der Waals surface area (Å²) in [5.41, 5.74) is 3.70. The van der Waals surface area contributed by atoms with Crippen molar-refractivity contribution < 1.29 is 13.5 Å². The standard InChI is InChI=1S/C19H22F2N2OS/c1-3-4-5-14-6-8-15(9-7-14)22-19(25)23-17-11-10-16(12-13(17)2)24-18(20)21/h6-12,18H,3-5H2,1-2H3,(H2,22,23,25). The fourth-order valence-corrected chi connectivity index (χ4v) is 2.60. The maximum absolute atomic E-state index is 12.2. The Balaban J connectivity index is 1.93. The molecule has 2 rings (SSSR count). The molecule has 0 saturated heterocycles. The lowest BCUT2D eigenvalue weighted by molar-refractivity contribution is -0.0498. The van der Waals surface area contributed by atoms with Crippen molar-refractivity contribution in [3.8, 4) is 5.75 Å². The molecule has 134 valence electrons. The Morgan fingerprint density at radius 2 is 1.84 bits per heavy atom. The summed E-state index contributed by atoms with van der Waals surface area (Å²) in [6, 6.07) is 12.8. The van der Waals surface area contributed by atoms with E-state index in [2.05, 4.69) is 34.4 Å². The molecule has 0 atom stereocenters. The van der Waals surface area contributed by atoms with Crippen molar-refractivity contribution in [2.24, 2.45) is 0 Å². The number of hydrogen-bond acceptors (Lipinski definition) is 2. The quantitative estimate of drug-likeness (QED) is 0.613. The topological polar surface area (TPSA) is 33.3 Å². The maximum Gasteiger partial charge on any atom is 0.387 e. The Hall–Kier alpha value is -2.21. The molecule has 2 aromatic carbocycles. The van der Waals surface area contributed by atoms with Gasteiger partial charge in [-0.3, -0.25) is 0 Å². The van der Waals surface area contributed by atoms with E-state index in [1.165, 1.54) is 24.5 Å². The third-order valence-electron chi connectivity index (χ3n) is 3.70. The fraction of sp³-hybridized carbons (Fsp3) is 0.316. The molecule has 0 aliphatic heterocycles. The molecule has 0 bridgehead atoms. The second-order valence-corrected chi connectivity index (χ2v) is 6.14. The van der Waals surface area contributed by atoms with E-state index in [1.807, 2.05) is 12.1 Å². The monoisotopic (exact) mass is 364 g/mol. The molecule has 0 radical (unpaired) electrons. The first-order valence-electron chi connectivity index (χ1n) is 8.20. The number of halogens is 2. The molecule has 0 heterocycles. The van der Waals surface area contributed by atoms with Crippen LogP contribution >= 0.6 is 12.2 Å². The predicted molar refractivity (Wildman–Crippen MR) is 103 cm³/mol. The minimum atomic E-state index is -2.83. The number of ether oxygens (including phenoxy) is 1. The Labute approximate surface area is 152 Å². The van der Waals surface area contributed by atoms with Crippen LogP contribution in [0, 0.1) is 6.92 Å². The number of benzene rings is 2. The van der Waals surface area contributed by atoms with Gasteiger partial charge in [0, 0.05) is 11.4 Å². The molecule has 6 heteroatoms. The van der Waals surface area contributed by atoms with Crippen LogP contribution in [0.1, 0.15) is 30.9 Å². The zero-order valence-corrected chi connectivity index (χ0v) is 15.1. The molecule has 0 aromatic heterocycles. The second kappa shape index (κ2) is 9.32. The highest BCUT2D eigenvalue weighted by atomic mass is 32.1. The number of thiocarbonyl (C=S) groups is 1. The van der Waals surface area contributed by atoms with Crippen molar-refractivity contribution in [2.45, 2.75) is 39.7 Å². The third-order valence-corrected chi connectivity index (χ3v) is 3.91. The van der Waals surface area contributed by atoms with Crippen LogP contribution < -0.4 is 15.4 Å². The molecular formula is C19H22F2N2OS. The highest BCUT2D eigenvalue weighted by molar-refractivity contribution is 7.80. The summed E-state index contributed by atoms with van der Waals surface area (Å²) >= 11 is 5.31. The first-order valence-corrected chi connectivity index (χ1v) is 8.61. The highest BCUT2D eigenvalue weighted by Gasteiger charge is 2.07. The van der Waals surface area contributed by atoms with E-state index < -0.39 is 6.61 Å². The lowest BCUT2D eigenvalue weighted by Gasteiger charge is -2.14. The smallest absolute Gasteiger partial charge is 0.387 e. The van der Waals surface area contributed by atoms with Crippen LogP contribution in [-0.2, 0) is 6.42 Å². The van der Waals surface area contributed by atoms with Crippen LogP contribution in [-0.4, -0.2) is 11.7 Å². The fourth-order valence-electron chi connectivity index (χ4n) is 2.37. The van der Waals surface area contributed by atoms with Crippen LogP contribution in [0.4, 0.5) is 20.2 Å². The number of alkyl halides is 2. The number of aryl methyl sites for hydroxylation is 2. The van der Waals surface area contributed by atoms with Crippen molar-refractivity contribution in [3.05, 3.63) is 53.6 Å². The summed E-state index contributed by atoms with van der Waals surface area (Å²) in [5.74, 6) is 0.125. The van der Waals surface area contributed by atoms with E-state index >= 15 is 0 Å². The first-order chi connectivity index (χ1) is 12.0. The van der Waals surface area contributed by atoms with Crippen LogP contribution in [0.5, 0.6) is 5.75 Å². The van der Waals surface area contributed by atoms with E-state index in [-0.39, 0.29) is 5.75 Å². The molecule has 0 aliphatic rings. The van der Waals surface area contributed by atoms with Gasteiger partial charge >= 0.3 is 6.61 Å². The number of nitrogens with one attached hydrogen (secondary N) is 2. The average molecular weight is 364 g/mol. The zero-order valence-electron chi connectivity index (χ0n) is 14.3. The molecule has 0 fully saturated rings. The minimum Gasteiger partial charge on any atom is -0.435 e. The summed E-state index contributed by atoms with van der Waals surface area (Å²) in [6.45, 7) is 1.14. The lowest BCUT2D eigenvalue weighted by Crippen LogP contribution is -2.19. The van der Waals surface area contributed by atoms with Crippen molar-refractivity contribution >= 4 is 28.7 Å². The van der Waals surface area contributed by atoms with E-state index in [9.17, 15) is 8.78 Å². The number of hydrogen-bond donors (Lipinski definition) is 2. The molecule has 2 N–H and O–H groups in total. The van der Waals surface area contributed by atoms with Gasteiger partial charge in [0.2, 0.25) is 0 Å². The van der Waals surface area contributed by atoms with Gasteiger partial charge in [0.15, 0.2) is 5.11 Å².